The van der Waals surface area contributed by atoms with Gasteiger partial charge >= 0.3 is 0 Å². The molecule has 0 bridgehead atoms. The molecule has 1 aliphatic carbocycles. The van der Waals surface area contributed by atoms with Crippen LogP contribution in [-0.2, 0) is 79.4 Å². The molecule has 3 atom stereocenters. The van der Waals surface area contributed by atoms with Gasteiger partial charge in [-0.25, -0.2) is 9.37 Å². The Balaban J connectivity index is 0.812. The standard InChI is InChI=1S/C53H60FN9O12/c1-4-53(73)28-74-26-34-35(53)20-40-50-33(25-63(40)52(34)72)49-39(15-14-32-30(2)36(54)21-37(60-50)48(32)49)61(3)47(70)27-75-29-58-43(66)23-57-51(71)38(19-31-11-7-5-8-12-31)59-44(67)24-56-42(65)22-55-41(64)13-9-6-10-18-62-45(68)16-17-46(62)69/h5,7-8,11-12,16-17,20-21,38-39,73H,4,6,9-10,13-15,18-19,22-29H2,1-3H3,(H,55,64)(H,56,65)(H,57,71)(H,58,66)(H,59,67)/t38-,39-,53+/m0/s1. The predicted octanol–water partition coefficient (Wildman–Crippen LogP) is 1.10. The molecule has 21 nitrogen and oxygen atoms in total. The van der Waals surface area contributed by atoms with Crippen LogP contribution in [0.3, 0.4) is 0 Å². The fraction of sp³-hybridized carbons (Fsp3) is 0.434. The van der Waals surface area contributed by atoms with Gasteiger partial charge in [-0.2, -0.15) is 0 Å². The number of imide groups is 1. The van der Waals surface area contributed by atoms with Gasteiger partial charge in [0.1, 0.15) is 30.8 Å². The number of unbranched alkanes of at least 4 members (excludes halogenated alkanes) is 2. The van der Waals surface area contributed by atoms with Crippen LogP contribution in [0.15, 0.2) is 59.4 Å². The Hall–Kier alpha value is -7.69. The summed E-state index contributed by atoms with van der Waals surface area (Å²) >= 11 is 0. The number of nitrogens with one attached hydrogen (secondary N) is 5. The van der Waals surface area contributed by atoms with E-state index in [0.717, 1.165) is 27.0 Å². The van der Waals surface area contributed by atoms with Gasteiger partial charge in [-0.05, 0) is 72.9 Å². The van der Waals surface area contributed by atoms with E-state index in [2.05, 4.69) is 26.6 Å². The first kappa shape index (κ1) is 53.6. The second-order valence-corrected chi connectivity index (χ2v) is 19.1. The Kier molecular flexibility index (Phi) is 16.6. The maximum absolute atomic E-state index is 15.4. The molecule has 4 aliphatic rings. The minimum Gasteiger partial charge on any atom is -0.383 e. The van der Waals surface area contributed by atoms with Crippen molar-refractivity contribution in [2.45, 2.75) is 96.1 Å². The van der Waals surface area contributed by atoms with E-state index in [1.807, 2.05) is 6.92 Å². The van der Waals surface area contributed by atoms with Gasteiger partial charge in [0.15, 0.2) is 0 Å². The number of pyridine rings is 2. The average molecular weight is 1030 g/mol. The van der Waals surface area contributed by atoms with Crippen molar-refractivity contribution in [1.82, 2.24) is 45.9 Å². The number of aryl methyl sites for hydroxylation is 1. The number of hydrogen-bond donors (Lipinski definition) is 6. The van der Waals surface area contributed by atoms with Crippen molar-refractivity contribution in [3.8, 4) is 11.4 Å². The van der Waals surface area contributed by atoms with Crippen molar-refractivity contribution in [2.24, 2.45) is 0 Å². The van der Waals surface area contributed by atoms with Crippen molar-refractivity contribution >= 4 is 58.2 Å². The van der Waals surface area contributed by atoms with Crippen molar-refractivity contribution < 1.29 is 57.3 Å². The Morgan fingerprint density at radius 1 is 0.907 bits per heavy atom. The van der Waals surface area contributed by atoms with Gasteiger partial charge in [-0.3, -0.25) is 48.1 Å². The van der Waals surface area contributed by atoms with E-state index in [-0.39, 0.29) is 63.2 Å². The number of benzene rings is 2. The molecule has 396 valence electrons. The molecule has 0 spiro atoms. The van der Waals surface area contributed by atoms with Gasteiger partial charge in [0.2, 0.25) is 35.4 Å². The Morgan fingerprint density at radius 3 is 2.36 bits per heavy atom. The third kappa shape index (κ3) is 11.8. The normalized spacial score (nSPS) is 17.5. The number of likely N-dealkylation sites (N-methyl/N-ethyl adjacent to an activating group) is 1. The topological polar surface area (TPSA) is 277 Å². The van der Waals surface area contributed by atoms with Gasteiger partial charge in [0.25, 0.3) is 17.4 Å². The van der Waals surface area contributed by atoms with Crippen molar-refractivity contribution in [1.29, 1.82) is 0 Å². The van der Waals surface area contributed by atoms with Crippen LogP contribution in [0.2, 0.25) is 0 Å². The highest BCUT2D eigenvalue weighted by molar-refractivity contribution is 6.12. The first-order valence-electron chi connectivity index (χ1n) is 25.0. The fourth-order valence-corrected chi connectivity index (χ4v) is 10.0. The maximum atomic E-state index is 15.4. The van der Waals surface area contributed by atoms with Crippen LogP contribution in [0, 0.1) is 12.7 Å². The quantitative estimate of drug-likeness (QED) is 0.0323. The Morgan fingerprint density at radius 2 is 1.61 bits per heavy atom. The highest BCUT2D eigenvalue weighted by Crippen LogP contribution is 2.47. The second-order valence-electron chi connectivity index (χ2n) is 19.1. The largest absolute Gasteiger partial charge is 0.383 e. The highest BCUT2D eigenvalue weighted by Gasteiger charge is 2.41. The van der Waals surface area contributed by atoms with Gasteiger partial charge in [-0.15, -0.1) is 0 Å². The molecule has 3 aliphatic heterocycles. The fourth-order valence-electron chi connectivity index (χ4n) is 10.0. The third-order valence-corrected chi connectivity index (χ3v) is 14.3. The van der Waals surface area contributed by atoms with Crippen molar-refractivity contribution in [3.05, 3.63) is 110 Å². The van der Waals surface area contributed by atoms with Gasteiger partial charge in [0, 0.05) is 61.2 Å². The smallest absolute Gasteiger partial charge is 0.257 e. The summed E-state index contributed by atoms with van der Waals surface area (Å²) in [5.41, 5.74) is 3.94. The molecule has 22 heteroatoms. The van der Waals surface area contributed by atoms with Crippen molar-refractivity contribution in [3.63, 3.8) is 0 Å². The number of nitrogens with zero attached hydrogens (tertiary/aromatic N) is 4. The molecule has 0 saturated carbocycles. The molecule has 75 heavy (non-hydrogen) atoms. The lowest BCUT2D eigenvalue weighted by Crippen LogP contribution is -2.52. The first-order chi connectivity index (χ1) is 36.0. The molecule has 0 radical (unpaired) electrons. The number of aromatic nitrogens is 2. The Labute approximate surface area is 430 Å². The molecule has 0 saturated heterocycles. The Bertz CT molecular complexity index is 3030. The number of rotatable bonds is 22. The molecular weight excluding hydrogens is 974 g/mol. The molecule has 8 rings (SSSR count). The molecule has 8 amide bonds. The van der Waals surface area contributed by atoms with Gasteiger partial charge < -0.3 is 50.6 Å². The summed E-state index contributed by atoms with van der Waals surface area (Å²) in [6.07, 6.45) is 5.35. The number of carbonyl (C=O) groups excluding carboxylic acids is 8. The van der Waals surface area contributed by atoms with Crippen LogP contribution in [-0.4, -0.2) is 131 Å². The van der Waals surface area contributed by atoms with E-state index < -0.39 is 85.2 Å². The van der Waals surface area contributed by atoms with Crippen LogP contribution in [0.1, 0.15) is 90.4 Å². The van der Waals surface area contributed by atoms with Crippen LogP contribution in [0.25, 0.3) is 22.3 Å². The summed E-state index contributed by atoms with van der Waals surface area (Å²) in [4.78, 5) is 123. The molecule has 2 aromatic heterocycles. The van der Waals surface area contributed by atoms with E-state index in [0.29, 0.717) is 77.7 Å². The van der Waals surface area contributed by atoms with Gasteiger partial charge in [0.05, 0.1) is 62.3 Å². The average Bonchev–Trinajstić information content (AvgIpc) is 3.94. The summed E-state index contributed by atoms with van der Waals surface area (Å²) in [5.74, 6) is -4.67. The van der Waals surface area contributed by atoms with Crippen LogP contribution in [0.4, 0.5) is 4.39 Å². The van der Waals surface area contributed by atoms with Crippen molar-refractivity contribution in [2.75, 3.05) is 53.2 Å². The summed E-state index contributed by atoms with van der Waals surface area (Å²) in [6.45, 7) is 1.76. The monoisotopic (exact) mass is 1030 g/mol. The van der Waals surface area contributed by atoms with E-state index in [4.69, 9.17) is 14.5 Å². The number of fused-ring (bicyclic) bond motifs is 5. The number of amides is 8. The number of aliphatic hydroxyl groups is 1. The zero-order chi connectivity index (χ0) is 53.6. The van der Waals surface area contributed by atoms with Crippen LogP contribution < -0.4 is 32.1 Å². The SMILES string of the molecule is CC[C@@]1(O)COCc2c1cc1n(c2=O)Cc2c-1nc1cc(F)c(C)c3c1c2[C@@H](N(C)C(=O)COCNC(=O)CNC(=O)[C@H](Cc1ccccc1)NC(=O)CNC(=O)CNC(=O)CCCCCN1C(=O)C=CC1=O)CC3. The molecule has 0 fully saturated rings. The van der Waals surface area contributed by atoms with E-state index in [1.54, 1.807) is 59.8 Å². The lowest BCUT2D eigenvalue weighted by Gasteiger charge is -2.35. The number of carbonyl (C=O) groups is 8. The minimum atomic E-state index is -1.37. The summed E-state index contributed by atoms with van der Waals surface area (Å²) in [5, 5.41) is 24.7. The predicted molar refractivity (Wildman–Crippen MR) is 267 cm³/mol. The molecule has 4 aromatic rings. The first-order valence-corrected chi connectivity index (χ1v) is 25.0. The lowest BCUT2D eigenvalue weighted by molar-refractivity contribution is -0.139. The third-order valence-electron chi connectivity index (χ3n) is 14.3. The summed E-state index contributed by atoms with van der Waals surface area (Å²) < 4.78 is 28.3. The molecule has 2 aromatic carbocycles. The number of ether oxygens (including phenoxy) is 2. The molecule has 0 unspecified atom stereocenters. The lowest BCUT2D eigenvalue weighted by atomic mass is 9.81. The second kappa shape index (κ2) is 23.2. The van der Waals surface area contributed by atoms with Crippen LogP contribution in [0.5, 0.6) is 0 Å². The zero-order valence-corrected chi connectivity index (χ0v) is 42.0. The number of hydrogen-bond acceptors (Lipinski definition) is 13. The minimum absolute atomic E-state index is 0.0316. The molecule has 5 heterocycles. The highest BCUT2D eigenvalue weighted by atomic mass is 19.1. The van der Waals surface area contributed by atoms with Crippen LogP contribution >= 0.6 is 0 Å². The van der Waals surface area contributed by atoms with E-state index in [9.17, 15) is 48.3 Å². The van der Waals surface area contributed by atoms with E-state index in [1.165, 1.54) is 18.2 Å². The number of halogens is 1. The summed E-state index contributed by atoms with van der Waals surface area (Å²) in [7, 11) is 1.63. The molecular formula is C53H60FN9O12. The zero-order valence-electron chi connectivity index (χ0n) is 42.0. The maximum Gasteiger partial charge on any atom is 0.257 e. The van der Waals surface area contributed by atoms with Gasteiger partial charge in [-0.1, -0.05) is 43.7 Å². The molecule has 6 N–H and O–H groups in total. The van der Waals surface area contributed by atoms with E-state index >= 15 is 4.39 Å². The summed E-state index contributed by atoms with van der Waals surface area (Å²) in [6, 6.07) is 10.3.